The Morgan fingerprint density at radius 2 is 1.94 bits per heavy atom. The first-order valence-electron chi connectivity index (χ1n) is 5.82. The Balaban J connectivity index is 2.14. The molecule has 0 saturated heterocycles. The van der Waals surface area contributed by atoms with Crippen LogP contribution in [-0.4, -0.2) is 0 Å². The summed E-state index contributed by atoms with van der Waals surface area (Å²) in [6.45, 7) is 4.75. The van der Waals surface area contributed by atoms with Gasteiger partial charge in [0.2, 0.25) is 0 Å². The van der Waals surface area contributed by atoms with E-state index in [0.29, 0.717) is 6.54 Å². The van der Waals surface area contributed by atoms with Gasteiger partial charge in [-0.25, -0.2) is 4.39 Å². The average molecular weight is 355 g/mol. The van der Waals surface area contributed by atoms with Crippen LogP contribution in [0.1, 0.15) is 16.7 Å². The quantitative estimate of drug-likeness (QED) is 0.790. The van der Waals surface area contributed by atoms with Gasteiger partial charge in [0, 0.05) is 15.8 Å². The normalized spacial score (nSPS) is 10.4. The van der Waals surface area contributed by atoms with Crippen molar-refractivity contribution in [1.82, 2.24) is 0 Å². The predicted molar refractivity (Wildman–Crippen MR) is 82.4 cm³/mol. The Kier molecular flexibility index (Phi) is 4.22. The zero-order chi connectivity index (χ0) is 13.1. The van der Waals surface area contributed by atoms with Crippen LogP contribution in [0.5, 0.6) is 0 Å². The maximum atomic E-state index is 13.0. The second-order valence-electron chi connectivity index (χ2n) is 4.34. The van der Waals surface area contributed by atoms with Gasteiger partial charge in [-0.15, -0.1) is 0 Å². The molecule has 0 heterocycles. The van der Waals surface area contributed by atoms with E-state index in [-0.39, 0.29) is 5.82 Å². The molecule has 0 atom stereocenters. The molecule has 2 aromatic rings. The fourth-order valence-corrected chi connectivity index (χ4v) is 2.35. The third-order valence-electron chi connectivity index (χ3n) is 3.04. The summed E-state index contributed by atoms with van der Waals surface area (Å²) in [4.78, 5) is 0. The number of hydrogen-bond acceptors (Lipinski definition) is 1. The first-order valence-corrected chi connectivity index (χ1v) is 6.90. The van der Waals surface area contributed by atoms with Gasteiger partial charge in [0.25, 0.3) is 0 Å². The van der Waals surface area contributed by atoms with E-state index in [1.54, 1.807) is 6.07 Å². The van der Waals surface area contributed by atoms with E-state index in [2.05, 4.69) is 47.0 Å². The van der Waals surface area contributed by atoms with Crippen LogP contribution >= 0.6 is 22.6 Å². The summed E-state index contributed by atoms with van der Waals surface area (Å²) < 4.78 is 14.3. The van der Waals surface area contributed by atoms with Crippen molar-refractivity contribution in [2.45, 2.75) is 20.4 Å². The summed E-state index contributed by atoms with van der Waals surface area (Å²) in [5.74, 6) is -0.179. The van der Waals surface area contributed by atoms with Crippen molar-refractivity contribution in [2.24, 2.45) is 0 Å². The molecule has 0 aliphatic rings. The van der Waals surface area contributed by atoms with Crippen molar-refractivity contribution in [3.8, 4) is 0 Å². The predicted octanol–water partition coefficient (Wildman–Crippen LogP) is 4.66. The van der Waals surface area contributed by atoms with E-state index in [9.17, 15) is 4.39 Å². The highest BCUT2D eigenvalue weighted by atomic mass is 127. The Labute approximate surface area is 121 Å². The first-order chi connectivity index (χ1) is 8.58. The SMILES string of the molecule is Cc1cc(F)ccc1CNc1cccc(I)c1C. The summed E-state index contributed by atoms with van der Waals surface area (Å²) in [6, 6.07) is 11.1. The van der Waals surface area contributed by atoms with Crippen LogP contribution in [0.3, 0.4) is 0 Å². The van der Waals surface area contributed by atoms with E-state index < -0.39 is 0 Å². The van der Waals surface area contributed by atoms with Crippen LogP contribution in [0.25, 0.3) is 0 Å². The summed E-state index contributed by atoms with van der Waals surface area (Å²) in [6.07, 6.45) is 0. The zero-order valence-electron chi connectivity index (χ0n) is 10.4. The Bertz CT molecular complexity index is 566. The Morgan fingerprint density at radius 1 is 1.17 bits per heavy atom. The van der Waals surface area contributed by atoms with Crippen molar-refractivity contribution in [1.29, 1.82) is 0 Å². The minimum absolute atomic E-state index is 0.179. The summed E-state index contributed by atoms with van der Waals surface area (Å²) in [5, 5.41) is 3.40. The molecule has 94 valence electrons. The highest BCUT2D eigenvalue weighted by molar-refractivity contribution is 14.1. The summed E-state index contributed by atoms with van der Waals surface area (Å²) in [7, 11) is 0. The molecule has 0 aliphatic carbocycles. The monoisotopic (exact) mass is 355 g/mol. The van der Waals surface area contributed by atoms with Gasteiger partial charge in [0.1, 0.15) is 5.82 Å². The minimum atomic E-state index is -0.179. The molecule has 0 fully saturated rings. The average Bonchev–Trinajstić information content (AvgIpc) is 2.33. The summed E-state index contributed by atoms with van der Waals surface area (Å²) >= 11 is 2.33. The number of benzene rings is 2. The molecule has 0 unspecified atom stereocenters. The molecule has 2 rings (SSSR count). The Morgan fingerprint density at radius 3 is 2.67 bits per heavy atom. The Hall–Kier alpha value is -1.10. The maximum absolute atomic E-state index is 13.0. The molecule has 0 radical (unpaired) electrons. The van der Waals surface area contributed by atoms with E-state index in [4.69, 9.17) is 0 Å². The maximum Gasteiger partial charge on any atom is 0.123 e. The lowest BCUT2D eigenvalue weighted by molar-refractivity contribution is 0.625. The molecule has 0 saturated carbocycles. The van der Waals surface area contributed by atoms with Crippen molar-refractivity contribution < 1.29 is 4.39 Å². The first kappa shape index (κ1) is 13.3. The molecular formula is C15H15FIN. The lowest BCUT2D eigenvalue weighted by Gasteiger charge is -2.12. The number of halogens is 2. The van der Waals surface area contributed by atoms with Gasteiger partial charge in [0.15, 0.2) is 0 Å². The second kappa shape index (κ2) is 5.69. The van der Waals surface area contributed by atoms with Gasteiger partial charge in [-0.05, 0) is 77.4 Å². The molecule has 1 nitrogen and oxygen atoms in total. The van der Waals surface area contributed by atoms with Crippen LogP contribution in [0.15, 0.2) is 36.4 Å². The van der Waals surface area contributed by atoms with Crippen LogP contribution < -0.4 is 5.32 Å². The fourth-order valence-electron chi connectivity index (χ4n) is 1.85. The third kappa shape index (κ3) is 3.02. The van der Waals surface area contributed by atoms with Gasteiger partial charge >= 0.3 is 0 Å². The molecule has 0 amide bonds. The fraction of sp³-hybridized carbons (Fsp3) is 0.200. The second-order valence-corrected chi connectivity index (χ2v) is 5.50. The van der Waals surface area contributed by atoms with Crippen molar-refractivity contribution in [2.75, 3.05) is 5.32 Å². The molecule has 0 spiro atoms. The van der Waals surface area contributed by atoms with Gasteiger partial charge in [-0.1, -0.05) is 12.1 Å². The highest BCUT2D eigenvalue weighted by Crippen LogP contribution is 2.21. The number of nitrogens with one attached hydrogen (secondary N) is 1. The number of anilines is 1. The number of hydrogen-bond donors (Lipinski definition) is 1. The van der Waals surface area contributed by atoms with Crippen LogP contribution in [-0.2, 0) is 6.54 Å². The molecule has 18 heavy (non-hydrogen) atoms. The van der Waals surface area contributed by atoms with Crippen molar-refractivity contribution >= 4 is 28.3 Å². The lowest BCUT2D eigenvalue weighted by Crippen LogP contribution is -2.03. The molecule has 3 heteroatoms. The van der Waals surface area contributed by atoms with Crippen LogP contribution in [0.4, 0.5) is 10.1 Å². The van der Waals surface area contributed by atoms with Gasteiger partial charge in [0.05, 0.1) is 0 Å². The molecular weight excluding hydrogens is 340 g/mol. The smallest absolute Gasteiger partial charge is 0.123 e. The zero-order valence-corrected chi connectivity index (χ0v) is 12.6. The highest BCUT2D eigenvalue weighted by Gasteiger charge is 2.03. The number of rotatable bonds is 3. The van der Waals surface area contributed by atoms with Crippen LogP contribution in [0, 0.1) is 23.2 Å². The summed E-state index contributed by atoms with van der Waals surface area (Å²) in [5.41, 5.74) is 4.48. The van der Waals surface area contributed by atoms with Gasteiger partial charge in [-0.2, -0.15) is 0 Å². The third-order valence-corrected chi connectivity index (χ3v) is 4.21. The molecule has 2 aromatic carbocycles. The lowest BCUT2D eigenvalue weighted by atomic mass is 10.1. The van der Waals surface area contributed by atoms with Crippen LogP contribution in [0.2, 0.25) is 0 Å². The standard InChI is InChI=1S/C15H15FIN/c1-10-8-13(16)7-6-12(10)9-18-15-5-3-4-14(17)11(15)2/h3-8,18H,9H2,1-2H3. The van der Waals surface area contributed by atoms with Gasteiger partial charge < -0.3 is 5.32 Å². The van der Waals surface area contributed by atoms with E-state index in [1.807, 2.05) is 19.1 Å². The molecule has 0 aliphatic heterocycles. The topological polar surface area (TPSA) is 12.0 Å². The van der Waals surface area contributed by atoms with Gasteiger partial charge in [-0.3, -0.25) is 0 Å². The largest absolute Gasteiger partial charge is 0.381 e. The molecule has 0 aromatic heterocycles. The molecule has 1 N–H and O–H groups in total. The number of aryl methyl sites for hydroxylation is 1. The minimum Gasteiger partial charge on any atom is -0.381 e. The van der Waals surface area contributed by atoms with E-state index in [0.717, 1.165) is 16.8 Å². The van der Waals surface area contributed by atoms with E-state index >= 15 is 0 Å². The molecule has 0 bridgehead atoms. The van der Waals surface area contributed by atoms with Crippen molar-refractivity contribution in [3.05, 3.63) is 62.5 Å². The van der Waals surface area contributed by atoms with Crippen molar-refractivity contribution in [3.63, 3.8) is 0 Å². The van der Waals surface area contributed by atoms with E-state index in [1.165, 1.54) is 15.2 Å².